The van der Waals surface area contributed by atoms with Crippen LogP contribution in [0.1, 0.15) is 44.9 Å². The summed E-state index contributed by atoms with van der Waals surface area (Å²) in [5.74, 6) is 2.35. The summed E-state index contributed by atoms with van der Waals surface area (Å²) in [7, 11) is 5.93. The first kappa shape index (κ1) is 33.0. The van der Waals surface area contributed by atoms with Crippen LogP contribution < -0.4 is 16.0 Å². The van der Waals surface area contributed by atoms with Crippen LogP contribution in [-0.4, -0.2) is 62.4 Å². The summed E-state index contributed by atoms with van der Waals surface area (Å²) in [5.41, 5.74) is 5.38. The largest absolute Gasteiger partial charge is 0.383 e. The Hall–Kier alpha value is -3.23. The van der Waals surface area contributed by atoms with E-state index in [-0.39, 0.29) is 6.04 Å². The third-order valence-corrected chi connectivity index (χ3v) is 7.30. The minimum absolute atomic E-state index is 0.281. The molecule has 0 aliphatic rings. The number of para-hydroxylation sites is 1. The van der Waals surface area contributed by atoms with Gasteiger partial charge < -0.3 is 25.6 Å². The molecule has 0 spiro atoms. The molecule has 0 fully saturated rings. The summed E-state index contributed by atoms with van der Waals surface area (Å²) in [6, 6.07) is 10.6. The molecule has 0 radical (unpaired) electrons. The van der Waals surface area contributed by atoms with Gasteiger partial charge in [0.1, 0.15) is 19.5 Å². The molecule has 1 unspecified atom stereocenters. The number of rotatable bonds is 19. The molecule has 1 aromatic carbocycles. The molecule has 8 heteroatoms. The smallest absolute Gasteiger partial charge is 0.138 e. The second-order valence-electron chi connectivity index (χ2n) is 10.2. The molecule has 7 nitrogen and oxygen atoms in total. The summed E-state index contributed by atoms with van der Waals surface area (Å²) in [6.45, 7) is 19.4. The van der Waals surface area contributed by atoms with Crippen molar-refractivity contribution in [3.05, 3.63) is 90.2 Å². The molecule has 2 aromatic rings. The van der Waals surface area contributed by atoms with Crippen molar-refractivity contribution in [1.29, 1.82) is 0 Å². The van der Waals surface area contributed by atoms with Crippen LogP contribution in [0.25, 0.3) is 5.69 Å². The van der Waals surface area contributed by atoms with Gasteiger partial charge in [-0.05, 0) is 55.7 Å². The average Bonchev–Trinajstić information content (AvgIpc) is 3.28. The van der Waals surface area contributed by atoms with Crippen LogP contribution in [0.2, 0.25) is 6.32 Å². The molecule has 0 saturated carbocycles. The van der Waals surface area contributed by atoms with Crippen molar-refractivity contribution in [2.75, 3.05) is 39.2 Å². The molecule has 2 rings (SSSR count). The van der Waals surface area contributed by atoms with Gasteiger partial charge in [-0.15, -0.1) is 0 Å². The maximum absolute atomic E-state index is 5.18. The number of nitrogens with one attached hydrogen (secondary N) is 3. The first-order chi connectivity index (χ1) is 19.3. The first-order valence-electron chi connectivity index (χ1n) is 14.6. The van der Waals surface area contributed by atoms with Gasteiger partial charge in [0.2, 0.25) is 0 Å². The zero-order valence-electron chi connectivity index (χ0n) is 25.9. The molecule has 0 aliphatic carbocycles. The number of hydrogen-bond acceptors (Lipinski definition) is 6. The van der Waals surface area contributed by atoms with Crippen LogP contribution >= 0.6 is 0 Å². The Bertz CT molecular complexity index is 1120. The molecule has 40 heavy (non-hydrogen) atoms. The maximum Gasteiger partial charge on any atom is 0.138 e. The van der Waals surface area contributed by atoms with Gasteiger partial charge >= 0.3 is 0 Å². The van der Waals surface area contributed by atoms with E-state index in [9.17, 15) is 0 Å². The van der Waals surface area contributed by atoms with Gasteiger partial charge in [-0.25, -0.2) is 4.68 Å². The first-order valence-corrected chi connectivity index (χ1v) is 14.6. The van der Waals surface area contributed by atoms with Gasteiger partial charge in [0.25, 0.3) is 0 Å². The Morgan fingerprint density at radius 2 is 1.95 bits per heavy atom. The summed E-state index contributed by atoms with van der Waals surface area (Å²) >= 11 is 0. The normalized spacial score (nSPS) is 13.6. The van der Waals surface area contributed by atoms with Gasteiger partial charge in [-0.1, -0.05) is 64.5 Å². The highest BCUT2D eigenvalue weighted by molar-refractivity contribution is 6.09. The van der Waals surface area contributed by atoms with Crippen LogP contribution in [-0.2, 0) is 11.2 Å². The number of benzene rings is 1. The van der Waals surface area contributed by atoms with E-state index in [1.165, 1.54) is 5.57 Å². The summed E-state index contributed by atoms with van der Waals surface area (Å²) in [4.78, 5) is 1.99. The minimum Gasteiger partial charge on any atom is -0.383 e. The second-order valence-corrected chi connectivity index (χ2v) is 10.2. The van der Waals surface area contributed by atoms with Crippen molar-refractivity contribution in [3.63, 3.8) is 0 Å². The van der Waals surface area contributed by atoms with Gasteiger partial charge in [0.15, 0.2) is 0 Å². The zero-order valence-corrected chi connectivity index (χ0v) is 25.9. The summed E-state index contributed by atoms with van der Waals surface area (Å²) in [5, 5.41) is 16.0. The Balaban J connectivity index is 2.44. The van der Waals surface area contributed by atoms with E-state index in [0.717, 1.165) is 66.5 Å². The molecule has 0 bridgehead atoms. The Morgan fingerprint density at radius 3 is 2.55 bits per heavy atom. The molecular weight excluding hydrogens is 495 g/mol. The van der Waals surface area contributed by atoms with Gasteiger partial charge in [-0.3, -0.25) is 0 Å². The van der Waals surface area contributed by atoms with Gasteiger partial charge in [-0.2, -0.15) is 5.10 Å². The van der Waals surface area contributed by atoms with E-state index in [2.05, 4.69) is 88.9 Å². The lowest BCUT2D eigenvalue weighted by molar-refractivity contribution is 0.199. The molecule has 3 N–H and O–H groups in total. The lowest BCUT2D eigenvalue weighted by Crippen LogP contribution is -2.40. The number of ether oxygens (including phenoxy) is 1. The molecular formula is C32H51BN6O. The van der Waals surface area contributed by atoms with Crippen LogP contribution in [0, 0.1) is 12.8 Å². The number of allylic oxidation sites excluding steroid dienone is 3. The Labute approximate surface area is 243 Å². The fourth-order valence-electron chi connectivity index (χ4n) is 4.43. The quantitative estimate of drug-likeness (QED) is 0.128. The second kappa shape index (κ2) is 17.5. The lowest BCUT2D eigenvalue weighted by atomic mass is 9.94. The fourth-order valence-corrected chi connectivity index (χ4v) is 4.43. The van der Waals surface area contributed by atoms with E-state index >= 15 is 0 Å². The minimum atomic E-state index is 0.281. The van der Waals surface area contributed by atoms with Gasteiger partial charge in [0.05, 0.1) is 18.0 Å². The van der Waals surface area contributed by atoms with Crippen molar-refractivity contribution >= 4 is 13.7 Å². The monoisotopic (exact) mass is 546 g/mol. The summed E-state index contributed by atoms with van der Waals surface area (Å²) < 4.78 is 7.20. The number of methoxy groups -OCH3 is 1. The number of likely N-dealkylation sites (N-methyl/N-ethyl adjacent to an activating group) is 1. The fraction of sp³-hybridized carbons (Fsp3) is 0.469. The molecule has 1 heterocycles. The van der Waals surface area contributed by atoms with Crippen molar-refractivity contribution in [3.8, 4) is 5.69 Å². The van der Waals surface area contributed by atoms with Gasteiger partial charge in [0, 0.05) is 51.0 Å². The Kier molecular flexibility index (Phi) is 14.4. The number of nitrogens with zero attached hydrogens (tertiary/aromatic N) is 3. The standard InChI is InChI=1S/C32H51BN6O/c1-9-15-31(35-27(22-33)23-34-20-21-40-8)36-32-25(5)30(37-39(32)28-16-13-12-14-17-28)19-18-29(24(4)10-2)26(6)38(7)11-3/h11-18,24,27,34-36H,3,6,9-10,19-23,33H2,1-2,4-5,7-8H3/b29-18-,31-15-/t24?,27-/m0/s1. The van der Waals surface area contributed by atoms with Crippen LogP contribution in [0.3, 0.4) is 0 Å². The topological polar surface area (TPSA) is 66.4 Å². The zero-order chi connectivity index (χ0) is 29.5. The third kappa shape index (κ3) is 9.45. The molecule has 1 aromatic heterocycles. The molecule has 0 saturated heterocycles. The predicted molar refractivity (Wildman–Crippen MR) is 174 cm³/mol. The van der Waals surface area contributed by atoms with E-state index in [0.29, 0.717) is 18.9 Å². The van der Waals surface area contributed by atoms with Crippen LogP contribution in [0.4, 0.5) is 5.82 Å². The van der Waals surface area contributed by atoms with Crippen LogP contribution in [0.5, 0.6) is 0 Å². The number of aromatic nitrogens is 2. The van der Waals surface area contributed by atoms with E-state index in [1.807, 2.05) is 34.8 Å². The molecule has 218 valence electrons. The SMILES string of the molecule is BC[C@@H](CNCCOC)N/C(=C/CC)Nc1c(C)c(C/C=C(\C(=C)N(C)C=C)C(C)CC)nn1-c1ccccc1. The van der Waals surface area contributed by atoms with E-state index in [1.54, 1.807) is 13.3 Å². The number of anilines is 1. The van der Waals surface area contributed by atoms with E-state index in [4.69, 9.17) is 9.84 Å². The molecule has 2 atom stereocenters. The maximum atomic E-state index is 5.18. The van der Waals surface area contributed by atoms with Crippen molar-refractivity contribution in [2.45, 2.75) is 59.3 Å². The highest BCUT2D eigenvalue weighted by Crippen LogP contribution is 2.28. The van der Waals surface area contributed by atoms with Crippen molar-refractivity contribution < 1.29 is 4.74 Å². The molecule has 0 amide bonds. The predicted octanol–water partition coefficient (Wildman–Crippen LogP) is 5.19. The summed E-state index contributed by atoms with van der Waals surface area (Å²) in [6.07, 6.45) is 9.95. The Morgan fingerprint density at radius 1 is 1.23 bits per heavy atom. The van der Waals surface area contributed by atoms with Crippen molar-refractivity contribution in [1.82, 2.24) is 25.3 Å². The highest BCUT2D eigenvalue weighted by atomic mass is 16.5. The average molecular weight is 547 g/mol. The highest BCUT2D eigenvalue weighted by Gasteiger charge is 2.19. The third-order valence-electron chi connectivity index (χ3n) is 7.30. The number of hydrogen-bond donors (Lipinski definition) is 3. The van der Waals surface area contributed by atoms with Crippen molar-refractivity contribution in [2.24, 2.45) is 5.92 Å². The molecule has 0 aliphatic heterocycles. The van der Waals surface area contributed by atoms with Crippen LogP contribution in [0.15, 0.2) is 78.9 Å². The lowest BCUT2D eigenvalue weighted by Gasteiger charge is -2.23. The van der Waals surface area contributed by atoms with E-state index < -0.39 is 0 Å².